The summed E-state index contributed by atoms with van der Waals surface area (Å²) < 4.78 is 0. The first kappa shape index (κ1) is 21.1. The van der Waals surface area contributed by atoms with E-state index in [1.165, 1.54) is 5.56 Å². The highest BCUT2D eigenvalue weighted by Crippen LogP contribution is 2.20. The third-order valence-corrected chi connectivity index (χ3v) is 5.59. The third kappa shape index (κ3) is 7.02. The summed E-state index contributed by atoms with van der Waals surface area (Å²) in [4.78, 5) is 26.2. The highest BCUT2D eigenvalue weighted by atomic mass is 16.4. The number of piperidine rings is 1. The Morgan fingerprint density at radius 1 is 0.966 bits per heavy atom. The van der Waals surface area contributed by atoms with Gasteiger partial charge >= 0.3 is 5.97 Å². The lowest BCUT2D eigenvalue weighted by atomic mass is 9.94. The predicted molar refractivity (Wildman–Crippen MR) is 113 cm³/mol. The number of benzene rings is 2. The zero-order valence-electron chi connectivity index (χ0n) is 16.8. The molecule has 1 saturated heterocycles. The molecule has 1 amide bonds. The normalized spacial score (nSPS) is 16.3. The molecule has 0 saturated carbocycles. The average molecular weight is 395 g/mol. The maximum Gasteiger partial charge on any atom is 0.303 e. The number of likely N-dealkylation sites (tertiary alicyclic amines) is 1. The number of carboxylic acids is 1. The topological polar surface area (TPSA) is 69.6 Å². The molecule has 1 aliphatic heterocycles. The molecule has 2 aromatic rings. The van der Waals surface area contributed by atoms with Crippen LogP contribution < -0.4 is 5.32 Å². The maximum atomic E-state index is 12.8. The van der Waals surface area contributed by atoms with Gasteiger partial charge in [-0.1, -0.05) is 60.7 Å². The lowest BCUT2D eigenvalue weighted by Crippen LogP contribution is -2.44. The summed E-state index contributed by atoms with van der Waals surface area (Å²) in [5.41, 5.74) is 2.41. The number of carbonyl (C=O) groups excluding carboxylic acids is 1. The van der Waals surface area contributed by atoms with Crippen LogP contribution in [0, 0.1) is 5.92 Å². The van der Waals surface area contributed by atoms with Gasteiger partial charge in [0.1, 0.15) is 0 Å². The van der Waals surface area contributed by atoms with Gasteiger partial charge in [0.15, 0.2) is 0 Å². The minimum atomic E-state index is -0.827. The van der Waals surface area contributed by atoms with E-state index in [-0.39, 0.29) is 24.3 Å². The fourth-order valence-electron chi connectivity index (χ4n) is 3.94. The van der Waals surface area contributed by atoms with Crippen LogP contribution in [0.15, 0.2) is 60.7 Å². The van der Waals surface area contributed by atoms with Crippen molar-refractivity contribution in [2.75, 3.05) is 13.1 Å². The van der Waals surface area contributed by atoms with Crippen LogP contribution in [-0.4, -0.2) is 41.0 Å². The van der Waals surface area contributed by atoms with Crippen molar-refractivity contribution in [2.24, 2.45) is 5.92 Å². The number of aliphatic carboxylic acids is 1. The largest absolute Gasteiger partial charge is 0.481 e. The molecule has 1 aliphatic rings. The summed E-state index contributed by atoms with van der Waals surface area (Å²) in [5, 5.41) is 12.2. The van der Waals surface area contributed by atoms with E-state index in [0.29, 0.717) is 12.8 Å². The van der Waals surface area contributed by atoms with E-state index in [4.69, 9.17) is 5.11 Å². The van der Waals surface area contributed by atoms with Crippen LogP contribution in [0.2, 0.25) is 0 Å². The first-order valence-electron chi connectivity index (χ1n) is 10.4. The molecular weight excluding hydrogens is 364 g/mol. The van der Waals surface area contributed by atoms with Crippen molar-refractivity contribution in [1.29, 1.82) is 0 Å². The van der Waals surface area contributed by atoms with Gasteiger partial charge < -0.3 is 10.4 Å². The molecule has 0 aliphatic carbocycles. The number of rotatable bonds is 9. The molecule has 5 heteroatoms. The quantitative estimate of drug-likeness (QED) is 0.683. The van der Waals surface area contributed by atoms with Crippen LogP contribution in [0.1, 0.15) is 36.8 Å². The number of nitrogens with one attached hydrogen (secondary N) is 1. The van der Waals surface area contributed by atoms with E-state index in [2.05, 4.69) is 34.5 Å². The van der Waals surface area contributed by atoms with Crippen molar-refractivity contribution < 1.29 is 14.7 Å². The predicted octanol–water partition coefficient (Wildman–Crippen LogP) is 3.49. The first-order chi connectivity index (χ1) is 14.1. The van der Waals surface area contributed by atoms with Crippen LogP contribution in [0.25, 0.3) is 0 Å². The van der Waals surface area contributed by atoms with E-state index >= 15 is 0 Å². The van der Waals surface area contributed by atoms with Crippen molar-refractivity contribution >= 4 is 11.9 Å². The van der Waals surface area contributed by atoms with Gasteiger partial charge in [0.25, 0.3) is 0 Å². The van der Waals surface area contributed by atoms with E-state index < -0.39 is 5.97 Å². The standard InChI is InChI=1S/C24H30N2O3/c27-23(28)12-11-22(17-19-7-3-1-4-8-19)25-24(29)21-13-15-26(16-14-21)18-20-9-5-2-6-10-20/h1-10,21-22H,11-18H2,(H,25,29)(H,27,28). The summed E-state index contributed by atoms with van der Waals surface area (Å²) in [5.74, 6) is -0.757. The molecule has 0 radical (unpaired) electrons. The third-order valence-electron chi connectivity index (χ3n) is 5.59. The Bertz CT molecular complexity index is 771. The highest BCUT2D eigenvalue weighted by Gasteiger charge is 2.26. The molecule has 1 unspecified atom stereocenters. The first-order valence-corrected chi connectivity index (χ1v) is 10.4. The SMILES string of the molecule is O=C(O)CCC(Cc1ccccc1)NC(=O)C1CCN(Cc2ccccc2)CC1. The van der Waals surface area contributed by atoms with Gasteiger partial charge in [-0.05, 0) is 49.9 Å². The zero-order chi connectivity index (χ0) is 20.5. The Kier molecular flexibility index (Phi) is 7.82. The van der Waals surface area contributed by atoms with Crippen LogP contribution >= 0.6 is 0 Å². The molecule has 5 nitrogen and oxygen atoms in total. The molecule has 29 heavy (non-hydrogen) atoms. The van der Waals surface area contributed by atoms with E-state index in [0.717, 1.165) is 38.0 Å². The molecule has 0 bridgehead atoms. The lowest BCUT2D eigenvalue weighted by molar-refractivity contribution is -0.137. The molecule has 0 aromatic heterocycles. The molecule has 1 fully saturated rings. The number of carboxylic acid groups (broad SMARTS) is 1. The number of carbonyl (C=O) groups is 2. The average Bonchev–Trinajstić information content (AvgIpc) is 2.74. The Balaban J connectivity index is 1.50. The Morgan fingerprint density at radius 2 is 1.55 bits per heavy atom. The number of hydrogen-bond acceptors (Lipinski definition) is 3. The molecule has 2 aromatic carbocycles. The van der Waals surface area contributed by atoms with Crippen molar-refractivity contribution in [1.82, 2.24) is 10.2 Å². The van der Waals surface area contributed by atoms with Crippen LogP contribution in [0.4, 0.5) is 0 Å². The zero-order valence-corrected chi connectivity index (χ0v) is 16.8. The molecule has 1 heterocycles. The Morgan fingerprint density at radius 3 is 2.14 bits per heavy atom. The number of amides is 1. The van der Waals surface area contributed by atoms with Crippen LogP contribution in [-0.2, 0) is 22.6 Å². The van der Waals surface area contributed by atoms with E-state index in [1.807, 2.05) is 36.4 Å². The highest BCUT2D eigenvalue weighted by molar-refractivity contribution is 5.79. The van der Waals surface area contributed by atoms with E-state index in [1.54, 1.807) is 0 Å². The van der Waals surface area contributed by atoms with Crippen molar-refractivity contribution in [2.45, 2.75) is 44.7 Å². The van der Waals surface area contributed by atoms with Crippen LogP contribution in [0.5, 0.6) is 0 Å². The fourth-order valence-corrected chi connectivity index (χ4v) is 3.94. The van der Waals surface area contributed by atoms with Crippen molar-refractivity contribution in [3.8, 4) is 0 Å². The molecule has 0 spiro atoms. The van der Waals surface area contributed by atoms with Gasteiger partial charge in [-0.25, -0.2) is 0 Å². The summed E-state index contributed by atoms with van der Waals surface area (Å²) in [6.45, 7) is 2.74. The minimum absolute atomic E-state index is 0.00475. The number of hydrogen-bond donors (Lipinski definition) is 2. The van der Waals surface area contributed by atoms with Gasteiger partial charge in [-0.2, -0.15) is 0 Å². The van der Waals surface area contributed by atoms with Crippen LogP contribution in [0.3, 0.4) is 0 Å². The Hall–Kier alpha value is -2.66. The molecular formula is C24H30N2O3. The molecule has 3 rings (SSSR count). The summed E-state index contributed by atoms with van der Waals surface area (Å²) in [6, 6.07) is 20.2. The summed E-state index contributed by atoms with van der Waals surface area (Å²) in [6.07, 6.45) is 2.86. The summed E-state index contributed by atoms with van der Waals surface area (Å²) in [7, 11) is 0. The summed E-state index contributed by atoms with van der Waals surface area (Å²) >= 11 is 0. The molecule has 1 atom stereocenters. The second kappa shape index (κ2) is 10.8. The maximum absolute atomic E-state index is 12.8. The van der Waals surface area contributed by atoms with Gasteiger partial charge in [0.05, 0.1) is 0 Å². The molecule has 154 valence electrons. The number of nitrogens with zero attached hydrogens (tertiary/aromatic N) is 1. The lowest BCUT2D eigenvalue weighted by Gasteiger charge is -2.32. The van der Waals surface area contributed by atoms with E-state index in [9.17, 15) is 9.59 Å². The fraction of sp³-hybridized carbons (Fsp3) is 0.417. The van der Waals surface area contributed by atoms with Crippen molar-refractivity contribution in [3.63, 3.8) is 0 Å². The van der Waals surface area contributed by atoms with Crippen molar-refractivity contribution in [3.05, 3.63) is 71.8 Å². The van der Waals surface area contributed by atoms with Gasteiger partial charge in [0, 0.05) is 24.9 Å². The monoisotopic (exact) mass is 394 g/mol. The molecule has 2 N–H and O–H groups in total. The second-order valence-electron chi connectivity index (χ2n) is 7.86. The second-order valence-corrected chi connectivity index (χ2v) is 7.86. The smallest absolute Gasteiger partial charge is 0.303 e. The minimum Gasteiger partial charge on any atom is -0.481 e. The van der Waals surface area contributed by atoms with Gasteiger partial charge in [-0.3, -0.25) is 14.5 Å². The Labute approximate surface area is 172 Å². The van der Waals surface area contributed by atoms with Gasteiger partial charge in [0.2, 0.25) is 5.91 Å². The van der Waals surface area contributed by atoms with Gasteiger partial charge in [-0.15, -0.1) is 0 Å².